The average Bonchev–Trinajstić information content (AvgIpc) is 2.14. The molecule has 7 heteroatoms. The molecule has 0 unspecified atom stereocenters. The van der Waals surface area contributed by atoms with Gasteiger partial charge in [-0.15, -0.1) is 0 Å². The lowest BCUT2D eigenvalue weighted by Gasteiger charge is -2.12. The number of nitrogens with zero attached hydrogens (tertiary/aromatic N) is 1. The highest BCUT2D eigenvalue weighted by molar-refractivity contribution is 5.98. The number of alkyl halides is 3. The van der Waals surface area contributed by atoms with E-state index < -0.39 is 33.7 Å². The number of carbonyl (C=O) groups is 1. The van der Waals surface area contributed by atoms with E-state index in [2.05, 4.69) is 0 Å². The summed E-state index contributed by atoms with van der Waals surface area (Å²) in [4.78, 5) is 20.6. The Balaban J connectivity index is 3.73. The first kappa shape index (κ1) is 13.1. The number of halogens is 3. The van der Waals surface area contributed by atoms with Crippen LogP contribution >= 0.6 is 0 Å². The number of aryl methyl sites for hydroxylation is 1. The van der Waals surface area contributed by atoms with Gasteiger partial charge in [-0.3, -0.25) is 14.9 Å². The van der Waals surface area contributed by atoms with Crippen molar-refractivity contribution in [3.05, 3.63) is 38.9 Å². The normalized spacial score (nSPS) is 11.4. The first-order valence-corrected chi connectivity index (χ1v) is 4.52. The van der Waals surface area contributed by atoms with Gasteiger partial charge in [0.15, 0.2) is 5.78 Å². The molecule has 0 radical (unpaired) electrons. The molecule has 0 aromatic heterocycles. The quantitative estimate of drug-likeness (QED) is 0.458. The Morgan fingerprint density at radius 2 is 1.88 bits per heavy atom. The Kier molecular flexibility index (Phi) is 3.21. The van der Waals surface area contributed by atoms with Crippen LogP contribution in [0.25, 0.3) is 0 Å². The Morgan fingerprint density at radius 1 is 1.35 bits per heavy atom. The fourth-order valence-corrected chi connectivity index (χ4v) is 1.52. The molecule has 1 aromatic rings. The van der Waals surface area contributed by atoms with E-state index in [1.807, 2.05) is 0 Å². The van der Waals surface area contributed by atoms with Crippen LogP contribution in [0.4, 0.5) is 18.9 Å². The van der Waals surface area contributed by atoms with Crippen molar-refractivity contribution in [3.8, 4) is 0 Å². The molecule has 1 rings (SSSR count). The summed E-state index contributed by atoms with van der Waals surface area (Å²) in [6.45, 7) is 2.09. The van der Waals surface area contributed by atoms with Crippen molar-refractivity contribution in [3.63, 3.8) is 0 Å². The molecule has 0 N–H and O–H groups in total. The smallest absolute Gasteiger partial charge is 0.294 e. The highest BCUT2D eigenvalue weighted by Crippen LogP contribution is 2.40. The molecular formula is C10H8F3NO3. The van der Waals surface area contributed by atoms with Crippen molar-refractivity contribution < 1.29 is 22.9 Å². The minimum atomic E-state index is -4.86. The number of nitro groups is 1. The second kappa shape index (κ2) is 4.15. The van der Waals surface area contributed by atoms with E-state index in [1.54, 1.807) is 0 Å². The summed E-state index contributed by atoms with van der Waals surface area (Å²) in [7, 11) is 0. The van der Waals surface area contributed by atoms with Crippen LogP contribution in [0.5, 0.6) is 0 Å². The largest absolute Gasteiger partial charge is 0.423 e. The Labute approximate surface area is 94.2 Å². The molecule has 4 nitrogen and oxygen atoms in total. The topological polar surface area (TPSA) is 60.2 Å². The zero-order valence-corrected chi connectivity index (χ0v) is 8.96. The summed E-state index contributed by atoms with van der Waals surface area (Å²) in [6.07, 6.45) is -4.86. The van der Waals surface area contributed by atoms with Crippen LogP contribution in [0.3, 0.4) is 0 Å². The summed E-state index contributed by atoms with van der Waals surface area (Å²) < 4.78 is 38.1. The number of Topliss-reactive ketones (excluding diaryl/α,β-unsaturated/α-hetero) is 1. The molecule has 0 amide bonds. The number of benzene rings is 1. The van der Waals surface area contributed by atoms with Crippen molar-refractivity contribution in [2.75, 3.05) is 0 Å². The van der Waals surface area contributed by atoms with Gasteiger partial charge in [-0.25, -0.2) is 0 Å². The predicted molar refractivity (Wildman–Crippen MR) is 52.8 cm³/mol. The SMILES string of the molecule is CC(=O)c1ccc(C)c(C(F)(F)F)c1[N+](=O)[O-]. The summed E-state index contributed by atoms with van der Waals surface area (Å²) in [5.74, 6) is -0.776. The van der Waals surface area contributed by atoms with Gasteiger partial charge in [0.2, 0.25) is 0 Å². The molecule has 0 aliphatic heterocycles. The Bertz CT molecular complexity index is 494. The van der Waals surface area contributed by atoms with E-state index in [4.69, 9.17) is 0 Å². The molecule has 0 spiro atoms. The lowest BCUT2D eigenvalue weighted by Crippen LogP contribution is -2.14. The van der Waals surface area contributed by atoms with Gasteiger partial charge in [0, 0.05) is 0 Å². The third kappa shape index (κ3) is 2.43. The molecule has 0 fully saturated rings. The maximum absolute atomic E-state index is 12.7. The molecule has 0 atom stereocenters. The second-order valence-electron chi connectivity index (χ2n) is 3.46. The number of nitro benzene ring substituents is 1. The first-order valence-electron chi connectivity index (χ1n) is 4.52. The lowest BCUT2D eigenvalue weighted by molar-refractivity contribution is -0.388. The van der Waals surface area contributed by atoms with Gasteiger partial charge in [0.05, 0.1) is 10.5 Å². The molecular weight excluding hydrogens is 239 g/mol. The van der Waals surface area contributed by atoms with E-state index in [1.165, 1.54) is 0 Å². The molecule has 0 saturated heterocycles. The van der Waals surface area contributed by atoms with E-state index in [-0.39, 0.29) is 5.56 Å². The predicted octanol–water partition coefficient (Wildman–Crippen LogP) is 3.12. The van der Waals surface area contributed by atoms with Crippen molar-refractivity contribution in [2.45, 2.75) is 20.0 Å². The van der Waals surface area contributed by atoms with Gasteiger partial charge in [-0.2, -0.15) is 13.2 Å². The van der Waals surface area contributed by atoms with Crippen molar-refractivity contribution in [1.29, 1.82) is 0 Å². The van der Waals surface area contributed by atoms with Crippen LogP contribution in [0.2, 0.25) is 0 Å². The number of hydrogen-bond donors (Lipinski definition) is 0. The minimum Gasteiger partial charge on any atom is -0.294 e. The first-order chi connectivity index (χ1) is 7.66. The molecule has 1 aromatic carbocycles. The monoisotopic (exact) mass is 247 g/mol. The summed E-state index contributed by atoms with van der Waals surface area (Å²) in [5, 5.41) is 10.7. The van der Waals surface area contributed by atoms with E-state index in [9.17, 15) is 28.1 Å². The van der Waals surface area contributed by atoms with Crippen LogP contribution in [0.1, 0.15) is 28.4 Å². The maximum atomic E-state index is 12.7. The zero-order valence-electron chi connectivity index (χ0n) is 8.96. The van der Waals surface area contributed by atoms with E-state index in [0.717, 1.165) is 26.0 Å². The van der Waals surface area contributed by atoms with Crippen LogP contribution in [-0.4, -0.2) is 10.7 Å². The van der Waals surface area contributed by atoms with Gasteiger partial charge in [0.1, 0.15) is 5.56 Å². The van der Waals surface area contributed by atoms with Gasteiger partial charge in [-0.1, -0.05) is 6.07 Å². The molecule has 0 aliphatic carbocycles. The van der Waals surface area contributed by atoms with Gasteiger partial charge in [-0.05, 0) is 25.5 Å². The fraction of sp³-hybridized carbons (Fsp3) is 0.300. The standard InChI is InChI=1S/C10H8F3NO3/c1-5-3-4-7(6(2)15)9(14(16)17)8(5)10(11,12)13/h3-4H,1-2H3. The number of hydrogen-bond acceptors (Lipinski definition) is 3. The van der Waals surface area contributed by atoms with Crippen LogP contribution in [-0.2, 0) is 6.18 Å². The highest BCUT2D eigenvalue weighted by atomic mass is 19.4. The average molecular weight is 247 g/mol. The van der Waals surface area contributed by atoms with Crippen molar-refractivity contribution in [2.24, 2.45) is 0 Å². The molecule has 92 valence electrons. The van der Waals surface area contributed by atoms with E-state index >= 15 is 0 Å². The molecule has 0 bridgehead atoms. The summed E-state index contributed by atoms with van der Waals surface area (Å²) >= 11 is 0. The molecule has 0 saturated carbocycles. The number of carbonyl (C=O) groups excluding carboxylic acids is 1. The molecule has 0 aliphatic rings. The third-order valence-electron chi connectivity index (χ3n) is 2.23. The maximum Gasteiger partial charge on any atom is 0.423 e. The van der Waals surface area contributed by atoms with E-state index in [0.29, 0.717) is 0 Å². The second-order valence-corrected chi connectivity index (χ2v) is 3.46. The lowest BCUT2D eigenvalue weighted by atomic mass is 9.99. The van der Waals surface area contributed by atoms with Crippen LogP contribution in [0.15, 0.2) is 12.1 Å². The molecule has 0 heterocycles. The highest BCUT2D eigenvalue weighted by Gasteiger charge is 2.42. The Hall–Kier alpha value is -1.92. The summed E-state index contributed by atoms with van der Waals surface area (Å²) in [6, 6.07) is 2.08. The number of rotatable bonds is 2. The van der Waals surface area contributed by atoms with Gasteiger partial charge < -0.3 is 0 Å². The molecule has 17 heavy (non-hydrogen) atoms. The Morgan fingerprint density at radius 3 is 2.24 bits per heavy atom. The third-order valence-corrected chi connectivity index (χ3v) is 2.23. The number of ketones is 1. The van der Waals surface area contributed by atoms with Gasteiger partial charge >= 0.3 is 6.18 Å². The minimum absolute atomic E-state index is 0.283. The van der Waals surface area contributed by atoms with Crippen molar-refractivity contribution in [1.82, 2.24) is 0 Å². The summed E-state index contributed by atoms with van der Waals surface area (Å²) in [5.41, 5.74) is -3.36. The van der Waals surface area contributed by atoms with Crippen molar-refractivity contribution >= 4 is 11.5 Å². The zero-order chi connectivity index (χ0) is 13.4. The van der Waals surface area contributed by atoms with Gasteiger partial charge in [0.25, 0.3) is 5.69 Å². The van der Waals surface area contributed by atoms with Crippen LogP contribution < -0.4 is 0 Å². The fourth-order valence-electron chi connectivity index (χ4n) is 1.52. The van der Waals surface area contributed by atoms with Crippen LogP contribution in [0, 0.1) is 17.0 Å².